The van der Waals surface area contributed by atoms with Crippen molar-refractivity contribution in [2.45, 2.75) is 32.4 Å². The van der Waals surface area contributed by atoms with Crippen molar-refractivity contribution in [2.24, 2.45) is 4.99 Å². The molecule has 6 nitrogen and oxygen atoms in total. The van der Waals surface area contributed by atoms with Crippen molar-refractivity contribution in [3.63, 3.8) is 0 Å². The first-order valence-electron chi connectivity index (χ1n) is 10.2. The first-order valence-corrected chi connectivity index (χ1v) is 11.5. The highest BCUT2D eigenvalue weighted by atomic mass is 32.2. The Bertz CT molecular complexity index is 623. The highest BCUT2D eigenvalue weighted by Gasteiger charge is 2.21. The minimum absolute atomic E-state index is 0.179. The second-order valence-corrected chi connectivity index (χ2v) is 10.2. The lowest BCUT2D eigenvalue weighted by Crippen LogP contribution is -2.53. The van der Waals surface area contributed by atoms with Crippen molar-refractivity contribution in [3.8, 4) is 5.75 Å². The number of hydrogen-bond acceptors (Lipinski definition) is 4. The molecule has 1 atom stereocenters. The molecular weight excluding hydrogens is 372 g/mol. The van der Waals surface area contributed by atoms with Crippen LogP contribution in [0.25, 0.3) is 0 Å². The van der Waals surface area contributed by atoms with E-state index in [-0.39, 0.29) is 4.75 Å². The molecule has 0 saturated carbocycles. The molecule has 1 aromatic rings. The second-order valence-electron chi connectivity index (χ2n) is 7.89. The van der Waals surface area contributed by atoms with Crippen LogP contribution >= 0.6 is 0 Å². The predicted octanol–water partition coefficient (Wildman–Crippen LogP) is 2.20. The molecule has 158 valence electrons. The van der Waals surface area contributed by atoms with Crippen molar-refractivity contribution >= 4 is 16.8 Å². The zero-order valence-electron chi connectivity index (χ0n) is 17.8. The summed E-state index contributed by atoms with van der Waals surface area (Å²) in [6.07, 6.45) is 0. The maximum absolute atomic E-state index is 12.2. The quantitative estimate of drug-likeness (QED) is 0.528. The molecule has 2 rings (SSSR count). The van der Waals surface area contributed by atoms with Gasteiger partial charge in [0.25, 0.3) is 0 Å². The van der Waals surface area contributed by atoms with Crippen molar-refractivity contribution in [3.05, 3.63) is 30.3 Å². The standard InChI is InChI=1S/C21H36N4O2S/c1-5-22-20(23-11-18-28(26)21(2,3)4)25-14-12-24(13-15-25)16-17-27-19-9-7-6-8-10-19/h6-10H,5,11-18H2,1-4H3,(H,22,23). The van der Waals surface area contributed by atoms with Crippen LogP contribution in [-0.2, 0) is 10.8 Å². The average molecular weight is 409 g/mol. The van der Waals surface area contributed by atoms with E-state index < -0.39 is 10.8 Å². The Morgan fingerprint density at radius 2 is 1.86 bits per heavy atom. The van der Waals surface area contributed by atoms with E-state index in [9.17, 15) is 4.21 Å². The van der Waals surface area contributed by atoms with Gasteiger partial charge in [0.05, 0.1) is 6.54 Å². The maximum atomic E-state index is 12.2. The molecule has 1 heterocycles. The molecule has 0 amide bonds. The number of hydrogen-bond donors (Lipinski definition) is 1. The fourth-order valence-electron chi connectivity index (χ4n) is 2.96. The predicted molar refractivity (Wildman–Crippen MR) is 119 cm³/mol. The van der Waals surface area contributed by atoms with Gasteiger partial charge in [0.15, 0.2) is 5.96 Å². The second kappa shape index (κ2) is 11.4. The van der Waals surface area contributed by atoms with Crippen LogP contribution in [0.4, 0.5) is 0 Å². The average Bonchev–Trinajstić information content (AvgIpc) is 2.68. The summed E-state index contributed by atoms with van der Waals surface area (Å²) in [5, 5.41) is 3.38. The number of para-hydroxylation sites is 1. The van der Waals surface area contributed by atoms with Crippen LogP contribution in [0.2, 0.25) is 0 Å². The third kappa shape index (κ3) is 7.80. The van der Waals surface area contributed by atoms with Crippen molar-refractivity contribution < 1.29 is 8.95 Å². The fourth-order valence-corrected chi connectivity index (χ4v) is 3.83. The van der Waals surface area contributed by atoms with E-state index in [1.807, 2.05) is 51.1 Å². The van der Waals surface area contributed by atoms with Crippen molar-refractivity contribution in [1.82, 2.24) is 15.1 Å². The number of rotatable bonds is 8. The summed E-state index contributed by atoms with van der Waals surface area (Å²) in [7, 11) is -0.864. The lowest BCUT2D eigenvalue weighted by molar-refractivity contribution is 0.152. The lowest BCUT2D eigenvalue weighted by Gasteiger charge is -2.36. The first-order chi connectivity index (χ1) is 13.4. The van der Waals surface area contributed by atoms with Gasteiger partial charge >= 0.3 is 0 Å². The van der Waals surface area contributed by atoms with Gasteiger partial charge < -0.3 is 15.0 Å². The summed E-state index contributed by atoms with van der Waals surface area (Å²) < 4.78 is 17.8. The van der Waals surface area contributed by atoms with Crippen LogP contribution < -0.4 is 10.1 Å². The third-order valence-corrected chi connectivity index (χ3v) is 6.57. The van der Waals surface area contributed by atoms with E-state index in [4.69, 9.17) is 9.73 Å². The molecular formula is C21H36N4O2S. The number of benzene rings is 1. The Labute approximate surface area is 172 Å². The fraction of sp³-hybridized carbons (Fsp3) is 0.667. The Morgan fingerprint density at radius 3 is 2.46 bits per heavy atom. The number of guanidine groups is 1. The van der Waals surface area contributed by atoms with E-state index >= 15 is 0 Å². The van der Waals surface area contributed by atoms with Crippen LogP contribution in [0.3, 0.4) is 0 Å². The van der Waals surface area contributed by atoms with Crippen LogP contribution in [0, 0.1) is 0 Å². The summed E-state index contributed by atoms with van der Waals surface area (Å²) in [5.41, 5.74) is 0. The van der Waals surface area contributed by atoms with E-state index in [1.165, 1.54) is 0 Å². The summed E-state index contributed by atoms with van der Waals surface area (Å²) in [6.45, 7) is 15.1. The van der Waals surface area contributed by atoms with E-state index in [0.717, 1.165) is 51.0 Å². The van der Waals surface area contributed by atoms with Crippen LogP contribution in [0.1, 0.15) is 27.7 Å². The number of nitrogens with one attached hydrogen (secondary N) is 1. The zero-order chi connectivity index (χ0) is 20.4. The molecule has 0 radical (unpaired) electrons. The molecule has 1 unspecified atom stereocenters. The first kappa shape index (κ1) is 22.7. The molecule has 1 N–H and O–H groups in total. The largest absolute Gasteiger partial charge is 0.492 e. The van der Waals surface area contributed by atoms with Crippen LogP contribution in [0.5, 0.6) is 5.75 Å². The lowest BCUT2D eigenvalue weighted by atomic mass is 10.3. The minimum atomic E-state index is -0.864. The van der Waals surface area contributed by atoms with E-state index in [1.54, 1.807) is 0 Å². The van der Waals surface area contributed by atoms with Crippen molar-refractivity contribution in [2.75, 3.05) is 58.2 Å². The van der Waals surface area contributed by atoms with Gasteiger partial charge in [-0.25, -0.2) is 0 Å². The maximum Gasteiger partial charge on any atom is 0.194 e. The molecule has 0 aliphatic carbocycles. The van der Waals surface area contributed by atoms with Gasteiger partial charge in [-0.05, 0) is 39.8 Å². The Kier molecular flexibility index (Phi) is 9.25. The molecule has 0 bridgehead atoms. The molecule has 1 aliphatic heterocycles. The smallest absolute Gasteiger partial charge is 0.194 e. The van der Waals surface area contributed by atoms with Gasteiger partial charge in [-0.2, -0.15) is 0 Å². The van der Waals surface area contributed by atoms with Gasteiger partial charge in [-0.3, -0.25) is 14.1 Å². The number of ether oxygens (including phenoxy) is 1. The molecule has 7 heteroatoms. The van der Waals surface area contributed by atoms with Gasteiger partial charge in [0, 0.05) is 60.6 Å². The molecule has 0 spiro atoms. The minimum Gasteiger partial charge on any atom is -0.492 e. The molecule has 1 aromatic carbocycles. The molecule has 28 heavy (non-hydrogen) atoms. The van der Waals surface area contributed by atoms with Gasteiger partial charge in [0.1, 0.15) is 12.4 Å². The van der Waals surface area contributed by atoms with E-state index in [2.05, 4.69) is 22.0 Å². The van der Waals surface area contributed by atoms with Gasteiger partial charge in [0.2, 0.25) is 0 Å². The number of piperazine rings is 1. The summed E-state index contributed by atoms with van der Waals surface area (Å²) in [4.78, 5) is 9.44. The van der Waals surface area contributed by atoms with Gasteiger partial charge in [-0.15, -0.1) is 0 Å². The van der Waals surface area contributed by atoms with Crippen LogP contribution in [-0.4, -0.2) is 82.9 Å². The Balaban J connectivity index is 1.75. The molecule has 1 fully saturated rings. The molecule has 1 aliphatic rings. The Hall–Kier alpha value is -1.60. The number of nitrogens with zero attached hydrogens (tertiary/aromatic N) is 3. The Morgan fingerprint density at radius 1 is 1.18 bits per heavy atom. The normalized spacial score (nSPS) is 17.4. The third-order valence-electron chi connectivity index (χ3n) is 4.65. The van der Waals surface area contributed by atoms with Crippen LogP contribution in [0.15, 0.2) is 35.3 Å². The monoisotopic (exact) mass is 408 g/mol. The van der Waals surface area contributed by atoms with Gasteiger partial charge in [-0.1, -0.05) is 18.2 Å². The molecule has 0 aromatic heterocycles. The highest BCUT2D eigenvalue weighted by molar-refractivity contribution is 7.86. The zero-order valence-corrected chi connectivity index (χ0v) is 18.6. The highest BCUT2D eigenvalue weighted by Crippen LogP contribution is 2.11. The van der Waals surface area contributed by atoms with E-state index in [0.29, 0.717) is 18.9 Å². The SMILES string of the molecule is CCNC(=NCCS(=O)C(C)(C)C)N1CCN(CCOc2ccccc2)CC1. The summed E-state index contributed by atoms with van der Waals surface area (Å²) in [6, 6.07) is 9.96. The topological polar surface area (TPSA) is 57.2 Å². The summed E-state index contributed by atoms with van der Waals surface area (Å²) in [5.74, 6) is 2.47. The summed E-state index contributed by atoms with van der Waals surface area (Å²) >= 11 is 0. The number of aliphatic imine (C=N–C) groups is 1. The van der Waals surface area contributed by atoms with Crippen molar-refractivity contribution in [1.29, 1.82) is 0 Å². The molecule has 1 saturated heterocycles.